The van der Waals surface area contributed by atoms with E-state index < -0.39 is 0 Å². The van der Waals surface area contributed by atoms with Crippen LogP contribution in [0.3, 0.4) is 0 Å². The number of hydrogen-bond acceptors (Lipinski definition) is 7. The van der Waals surface area contributed by atoms with Crippen molar-refractivity contribution in [2.45, 2.75) is 6.92 Å². The van der Waals surface area contributed by atoms with Gasteiger partial charge < -0.3 is 24.2 Å². The van der Waals surface area contributed by atoms with Crippen molar-refractivity contribution in [1.82, 2.24) is 19.8 Å². The van der Waals surface area contributed by atoms with Crippen LogP contribution in [-0.4, -0.2) is 90.9 Å². The molecule has 2 aliphatic heterocycles. The number of anilines is 1. The van der Waals surface area contributed by atoms with Crippen molar-refractivity contribution in [2.75, 3.05) is 64.0 Å². The topological polar surface area (TPSA) is 88.1 Å². The molecule has 0 aliphatic carbocycles. The second-order valence-electron chi connectivity index (χ2n) is 5.85. The fourth-order valence-corrected chi connectivity index (χ4v) is 2.85. The Labute approximate surface area is 146 Å². The lowest BCUT2D eigenvalue weighted by Crippen LogP contribution is -2.50. The quantitative estimate of drug-likeness (QED) is 0.772. The maximum absolute atomic E-state index is 12.6. The average Bonchev–Trinajstić information content (AvgIpc) is 2.68. The van der Waals surface area contributed by atoms with Crippen LogP contribution in [-0.2, 0) is 9.47 Å². The Bertz CT molecular complexity index is 595. The Kier molecular flexibility index (Phi) is 5.64. The largest absolute Gasteiger partial charge is 0.450 e. The summed E-state index contributed by atoms with van der Waals surface area (Å²) in [6.45, 7) is 6.85. The first-order valence-electron chi connectivity index (χ1n) is 8.54. The highest BCUT2D eigenvalue weighted by Crippen LogP contribution is 2.12. The molecule has 0 aromatic carbocycles. The molecule has 0 unspecified atom stereocenters. The summed E-state index contributed by atoms with van der Waals surface area (Å²) in [6.07, 6.45) is 2.81. The third kappa shape index (κ3) is 4.16. The lowest BCUT2D eigenvalue weighted by Gasteiger charge is -2.34. The van der Waals surface area contributed by atoms with Crippen LogP contribution < -0.4 is 4.90 Å². The molecular weight excluding hydrogens is 326 g/mol. The molecule has 9 heteroatoms. The van der Waals surface area contributed by atoms with Crippen molar-refractivity contribution in [3.63, 3.8) is 0 Å². The maximum atomic E-state index is 12.6. The summed E-state index contributed by atoms with van der Waals surface area (Å²) in [7, 11) is 0. The van der Waals surface area contributed by atoms with E-state index in [2.05, 4.69) is 9.97 Å². The molecular formula is C16H23N5O4. The van der Waals surface area contributed by atoms with Gasteiger partial charge in [0.1, 0.15) is 0 Å². The minimum absolute atomic E-state index is 0.114. The molecule has 25 heavy (non-hydrogen) atoms. The Morgan fingerprint density at radius 1 is 1.04 bits per heavy atom. The average molecular weight is 349 g/mol. The van der Waals surface area contributed by atoms with E-state index in [0.717, 1.165) is 13.1 Å². The number of carbonyl (C=O) groups excluding carboxylic acids is 2. The summed E-state index contributed by atoms with van der Waals surface area (Å²) in [5.41, 5.74) is 0.460. The molecule has 2 aliphatic rings. The van der Waals surface area contributed by atoms with Crippen molar-refractivity contribution in [1.29, 1.82) is 0 Å². The van der Waals surface area contributed by atoms with E-state index in [9.17, 15) is 9.59 Å². The monoisotopic (exact) mass is 349 g/mol. The smallest absolute Gasteiger partial charge is 0.409 e. The van der Waals surface area contributed by atoms with Gasteiger partial charge in [-0.2, -0.15) is 0 Å². The van der Waals surface area contributed by atoms with E-state index >= 15 is 0 Å². The third-order valence-electron chi connectivity index (χ3n) is 4.27. The zero-order chi connectivity index (χ0) is 17.6. The summed E-state index contributed by atoms with van der Waals surface area (Å²) in [5.74, 6) is 0.504. The minimum atomic E-state index is -0.326. The number of amides is 2. The number of piperazine rings is 1. The van der Waals surface area contributed by atoms with Crippen LogP contribution in [0.1, 0.15) is 17.3 Å². The Morgan fingerprint density at radius 2 is 1.64 bits per heavy atom. The number of carbonyl (C=O) groups is 2. The second-order valence-corrected chi connectivity index (χ2v) is 5.85. The third-order valence-corrected chi connectivity index (χ3v) is 4.27. The molecule has 0 radical (unpaired) electrons. The van der Waals surface area contributed by atoms with Gasteiger partial charge in [-0.3, -0.25) is 4.79 Å². The molecule has 3 rings (SSSR count). The summed E-state index contributed by atoms with van der Waals surface area (Å²) >= 11 is 0. The number of nitrogens with zero attached hydrogens (tertiary/aromatic N) is 5. The fourth-order valence-electron chi connectivity index (χ4n) is 2.85. The molecule has 2 saturated heterocycles. The molecule has 1 aromatic heterocycles. The Hall–Kier alpha value is -2.42. The van der Waals surface area contributed by atoms with Gasteiger partial charge in [0.2, 0.25) is 5.95 Å². The van der Waals surface area contributed by atoms with Gasteiger partial charge in [0.25, 0.3) is 5.91 Å². The van der Waals surface area contributed by atoms with Crippen LogP contribution in [0.5, 0.6) is 0 Å². The summed E-state index contributed by atoms with van der Waals surface area (Å²) in [6, 6.07) is 0. The van der Waals surface area contributed by atoms with Crippen LogP contribution in [0.15, 0.2) is 12.4 Å². The van der Waals surface area contributed by atoms with Gasteiger partial charge in [0.05, 0.1) is 25.4 Å². The van der Waals surface area contributed by atoms with Crippen LogP contribution >= 0.6 is 0 Å². The predicted octanol–water partition coefficient (Wildman–Crippen LogP) is 0.228. The standard InChI is InChI=1S/C16H23N5O4/c1-2-25-16(23)21-5-3-19(4-6-21)14(22)13-11-17-15(18-12-13)20-7-9-24-10-8-20/h11-12H,2-10H2,1H3. The van der Waals surface area contributed by atoms with Gasteiger partial charge in [-0.15, -0.1) is 0 Å². The van der Waals surface area contributed by atoms with Crippen LogP contribution in [0, 0.1) is 0 Å². The van der Waals surface area contributed by atoms with Crippen molar-refractivity contribution in [3.8, 4) is 0 Å². The highest BCUT2D eigenvalue weighted by atomic mass is 16.6. The van der Waals surface area contributed by atoms with Gasteiger partial charge in [0.15, 0.2) is 0 Å². The van der Waals surface area contributed by atoms with E-state index in [-0.39, 0.29) is 12.0 Å². The normalized spacial score (nSPS) is 18.2. The summed E-state index contributed by atoms with van der Waals surface area (Å²) in [5, 5.41) is 0. The molecule has 0 atom stereocenters. The molecule has 9 nitrogen and oxygen atoms in total. The first kappa shape index (κ1) is 17.4. The van der Waals surface area contributed by atoms with E-state index in [4.69, 9.17) is 9.47 Å². The number of hydrogen-bond donors (Lipinski definition) is 0. The highest BCUT2D eigenvalue weighted by molar-refractivity contribution is 5.93. The van der Waals surface area contributed by atoms with E-state index in [1.807, 2.05) is 4.90 Å². The molecule has 136 valence electrons. The molecule has 0 N–H and O–H groups in total. The first-order valence-corrected chi connectivity index (χ1v) is 8.54. The van der Waals surface area contributed by atoms with Crippen LogP contribution in [0.4, 0.5) is 10.7 Å². The molecule has 2 fully saturated rings. The SMILES string of the molecule is CCOC(=O)N1CCN(C(=O)c2cnc(N3CCOCC3)nc2)CC1. The first-order chi connectivity index (χ1) is 12.2. The lowest BCUT2D eigenvalue weighted by atomic mass is 10.2. The van der Waals surface area contributed by atoms with Gasteiger partial charge in [-0.25, -0.2) is 14.8 Å². The molecule has 0 spiro atoms. The van der Waals surface area contributed by atoms with E-state index in [1.165, 1.54) is 0 Å². The van der Waals surface area contributed by atoms with Crippen LogP contribution in [0.2, 0.25) is 0 Å². The lowest BCUT2D eigenvalue weighted by molar-refractivity contribution is 0.0569. The Balaban J connectivity index is 1.55. The summed E-state index contributed by atoms with van der Waals surface area (Å²) in [4.78, 5) is 38.3. The molecule has 3 heterocycles. The predicted molar refractivity (Wildman–Crippen MR) is 89.6 cm³/mol. The fraction of sp³-hybridized carbons (Fsp3) is 0.625. The van der Waals surface area contributed by atoms with Gasteiger partial charge in [0, 0.05) is 51.7 Å². The van der Waals surface area contributed by atoms with Gasteiger partial charge in [-0.1, -0.05) is 0 Å². The zero-order valence-electron chi connectivity index (χ0n) is 14.4. The van der Waals surface area contributed by atoms with Crippen molar-refractivity contribution >= 4 is 17.9 Å². The number of ether oxygens (including phenoxy) is 2. The van der Waals surface area contributed by atoms with Crippen molar-refractivity contribution in [3.05, 3.63) is 18.0 Å². The van der Waals surface area contributed by atoms with Gasteiger partial charge in [-0.05, 0) is 6.92 Å². The van der Waals surface area contributed by atoms with Crippen LogP contribution in [0.25, 0.3) is 0 Å². The van der Waals surface area contributed by atoms with E-state index in [0.29, 0.717) is 57.5 Å². The molecule has 1 aromatic rings. The minimum Gasteiger partial charge on any atom is -0.450 e. The zero-order valence-corrected chi connectivity index (χ0v) is 14.4. The number of morpholine rings is 1. The highest BCUT2D eigenvalue weighted by Gasteiger charge is 2.26. The molecule has 0 saturated carbocycles. The number of rotatable bonds is 3. The summed E-state index contributed by atoms with van der Waals surface area (Å²) < 4.78 is 10.3. The van der Waals surface area contributed by atoms with Gasteiger partial charge >= 0.3 is 6.09 Å². The second kappa shape index (κ2) is 8.11. The Morgan fingerprint density at radius 3 is 2.24 bits per heavy atom. The van der Waals surface area contributed by atoms with E-state index in [1.54, 1.807) is 29.1 Å². The number of aromatic nitrogens is 2. The van der Waals surface area contributed by atoms with Crippen molar-refractivity contribution < 1.29 is 19.1 Å². The maximum Gasteiger partial charge on any atom is 0.409 e. The van der Waals surface area contributed by atoms with Crippen molar-refractivity contribution in [2.24, 2.45) is 0 Å². The molecule has 2 amide bonds. The molecule has 0 bridgehead atoms.